The number of para-hydroxylation sites is 2. The van der Waals surface area contributed by atoms with Gasteiger partial charge in [0, 0.05) is 0 Å². The summed E-state index contributed by atoms with van der Waals surface area (Å²) in [5, 5.41) is 4.85. The summed E-state index contributed by atoms with van der Waals surface area (Å²) in [6.45, 7) is 0. The van der Waals surface area contributed by atoms with E-state index in [0.717, 1.165) is 56.3 Å². The van der Waals surface area contributed by atoms with Gasteiger partial charge in [-0.3, -0.25) is 0 Å². The van der Waals surface area contributed by atoms with Crippen LogP contribution in [0.4, 0.5) is 22.7 Å². The summed E-state index contributed by atoms with van der Waals surface area (Å²) in [7, 11) is 0. The van der Waals surface area contributed by atoms with E-state index in [9.17, 15) is 0 Å². The molecule has 0 N–H and O–H groups in total. The molecule has 0 unspecified atom stereocenters. The third kappa shape index (κ3) is 5.73. The van der Waals surface area contributed by atoms with E-state index >= 15 is 0 Å². The van der Waals surface area contributed by atoms with Gasteiger partial charge in [-0.2, -0.15) is 0 Å². The number of nitrogens with zero attached hydrogens (tertiary/aromatic N) is 4. The average Bonchev–Trinajstić information content (AvgIpc) is 3.83. The first-order valence-electron chi connectivity index (χ1n) is 19.1. The molecular formula is C52H34N4Se+2. The molecule has 5 heteroatoms. The summed E-state index contributed by atoms with van der Waals surface area (Å²) in [4.78, 5) is 4.75. The molecule has 0 atom stereocenters. The molecule has 266 valence electrons. The second-order valence-electron chi connectivity index (χ2n) is 14.2. The van der Waals surface area contributed by atoms with Crippen molar-refractivity contribution in [1.82, 2.24) is 18.7 Å². The first-order chi connectivity index (χ1) is 28.3. The number of hydrogen-bond acceptors (Lipinski definition) is 1. The van der Waals surface area contributed by atoms with Crippen molar-refractivity contribution in [2.45, 2.75) is 0 Å². The van der Waals surface area contributed by atoms with Gasteiger partial charge in [-0.1, -0.05) is 0 Å². The number of aromatic nitrogens is 2. The van der Waals surface area contributed by atoms with Gasteiger partial charge in [0.25, 0.3) is 0 Å². The Kier molecular flexibility index (Phi) is 8.08. The van der Waals surface area contributed by atoms with Crippen molar-refractivity contribution in [3.05, 3.63) is 206 Å². The number of hydrogen-bond donors (Lipinski definition) is 0. The Morgan fingerprint density at radius 2 is 1.12 bits per heavy atom. The minimum atomic E-state index is 0.0433. The van der Waals surface area contributed by atoms with Crippen LogP contribution in [0.5, 0.6) is 0 Å². The van der Waals surface area contributed by atoms with Crippen LogP contribution >= 0.6 is 0 Å². The van der Waals surface area contributed by atoms with Gasteiger partial charge < -0.3 is 0 Å². The molecule has 0 amide bonds. The fourth-order valence-electron chi connectivity index (χ4n) is 8.28. The van der Waals surface area contributed by atoms with Gasteiger partial charge in [-0.25, -0.2) is 0 Å². The zero-order valence-corrected chi connectivity index (χ0v) is 32.5. The molecule has 57 heavy (non-hydrogen) atoms. The third-order valence-corrected chi connectivity index (χ3v) is 12.9. The third-order valence-electron chi connectivity index (χ3n) is 10.8. The molecule has 1 aliphatic rings. The van der Waals surface area contributed by atoms with E-state index < -0.39 is 0 Å². The summed E-state index contributed by atoms with van der Waals surface area (Å²) in [5.74, 6) is 0.926. The van der Waals surface area contributed by atoms with E-state index in [4.69, 9.17) is 4.98 Å². The minimum absolute atomic E-state index is 0.0433. The van der Waals surface area contributed by atoms with E-state index in [1.165, 1.54) is 36.0 Å². The summed E-state index contributed by atoms with van der Waals surface area (Å²) in [5.41, 5.74) is 11.4. The quantitative estimate of drug-likeness (QED) is 0.116. The van der Waals surface area contributed by atoms with Gasteiger partial charge in [0.15, 0.2) is 0 Å². The monoisotopic (exact) mass is 794 g/mol. The molecule has 2 aromatic heterocycles. The fraction of sp³-hybridized carbons (Fsp3) is 0. The molecule has 0 saturated heterocycles. The SMILES string of the molecule is C1=[N+](c2cccc([Se]c3ccc4c5ccccc5n(-c5ccccn5)c4c3)c2)c2ccc3ccccc3c2[N+]=1c1c(-c2ccccc2)cccc1-c1ccccc1. The number of rotatable bonds is 7. The molecule has 8 aromatic carbocycles. The Labute approximate surface area is 336 Å². The molecule has 11 rings (SSSR count). The first-order valence-corrected chi connectivity index (χ1v) is 20.8. The fourth-order valence-corrected chi connectivity index (χ4v) is 10.2. The van der Waals surface area contributed by atoms with Crippen LogP contribution in [-0.4, -0.2) is 30.5 Å². The molecule has 0 fully saturated rings. The van der Waals surface area contributed by atoms with Gasteiger partial charge in [0.2, 0.25) is 0 Å². The van der Waals surface area contributed by atoms with Crippen molar-refractivity contribution in [1.29, 1.82) is 0 Å². The molecular weight excluding hydrogens is 760 g/mol. The Balaban J connectivity index is 1.09. The van der Waals surface area contributed by atoms with Gasteiger partial charge in [-0.15, -0.1) is 0 Å². The average molecular weight is 794 g/mol. The van der Waals surface area contributed by atoms with Crippen LogP contribution in [0.15, 0.2) is 206 Å². The zero-order chi connectivity index (χ0) is 37.7. The van der Waals surface area contributed by atoms with Gasteiger partial charge >= 0.3 is 338 Å². The van der Waals surface area contributed by atoms with Crippen LogP contribution in [0.25, 0.3) is 60.6 Å². The Morgan fingerprint density at radius 1 is 0.456 bits per heavy atom. The summed E-state index contributed by atoms with van der Waals surface area (Å²) < 4.78 is 9.45. The number of fused-ring (bicyclic) bond motifs is 6. The van der Waals surface area contributed by atoms with Crippen LogP contribution < -0.4 is 18.1 Å². The summed E-state index contributed by atoms with van der Waals surface area (Å²) in [6, 6.07) is 75.8. The molecule has 10 aromatic rings. The Bertz CT molecular complexity index is 3180. The number of pyridine rings is 1. The zero-order valence-electron chi connectivity index (χ0n) is 30.8. The van der Waals surface area contributed by atoms with Crippen LogP contribution in [0, 0.1) is 0 Å². The van der Waals surface area contributed by atoms with E-state index in [0.29, 0.717) is 0 Å². The van der Waals surface area contributed by atoms with E-state index in [1.54, 1.807) is 0 Å². The maximum atomic E-state index is 4.75. The van der Waals surface area contributed by atoms with Crippen molar-refractivity contribution >= 4 is 85.2 Å². The van der Waals surface area contributed by atoms with Crippen LogP contribution in [0.2, 0.25) is 0 Å². The van der Waals surface area contributed by atoms with Crippen molar-refractivity contribution in [2.75, 3.05) is 0 Å². The molecule has 0 aliphatic carbocycles. The summed E-state index contributed by atoms with van der Waals surface area (Å²) >= 11 is 0.0433. The molecule has 0 bridgehead atoms. The topological polar surface area (TPSA) is 23.8 Å². The molecule has 0 saturated carbocycles. The van der Waals surface area contributed by atoms with E-state index in [-0.39, 0.29) is 15.0 Å². The van der Waals surface area contributed by atoms with Crippen molar-refractivity contribution < 1.29 is 0 Å². The molecule has 0 radical (unpaired) electrons. The van der Waals surface area contributed by atoms with Crippen LogP contribution in [0.3, 0.4) is 0 Å². The second-order valence-corrected chi connectivity index (χ2v) is 16.6. The van der Waals surface area contributed by atoms with Crippen molar-refractivity contribution in [3.8, 4) is 28.1 Å². The second kappa shape index (κ2) is 13.9. The maximum absolute atomic E-state index is 4.75. The standard InChI is InChI=1S/C52H34N4Se/c1-3-15-36(16-4-1)42-24-14-25-43(37-17-5-2-6-18-37)51(42)55-35-54(48-31-28-38-19-7-8-22-44(38)52(48)55)39-20-13-21-40(33-39)57-41-29-30-46-45-23-9-10-26-47(45)56(49(46)34-41)50-27-11-12-32-53-50/h1-34H/q+2. The molecule has 4 nitrogen and oxygen atoms in total. The predicted molar refractivity (Wildman–Crippen MR) is 239 cm³/mol. The first kappa shape index (κ1) is 33.2. The predicted octanol–water partition coefficient (Wildman–Crippen LogP) is 11.2. The van der Waals surface area contributed by atoms with Gasteiger partial charge in [-0.05, 0) is 0 Å². The number of benzene rings is 8. The van der Waals surface area contributed by atoms with Crippen molar-refractivity contribution in [3.63, 3.8) is 0 Å². The van der Waals surface area contributed by atoms with Crippen LogP contribution in [0.1, 0.15) is 0 Å². The molecule has 1 aliphatic heterocycles. The Hall–Kier alpha value is -7.13. The summed E-state index contributed by atoms with van der Waals surface area (Å²) in [6.07, 6.45) is 1.87. The van der Waals surface area contributed by atoms with E-state index in [2.05, 4.69) is 214 Å². The van der Waals surface area contributed by atoms with Gasteiger partial charge in [0.1, 0.15) is 0 Å². The molecule has 3 heterocycles. The Morgan fingerprint density at radius 3 is 1.89 bits per heavy atom. The molecule has 0 spiro atoms. The van der Waals surface area contributed by atoms with Crippen LogP contribution in [-0.2, 0) is 0 Å². The van der Waals surface area contributed by atoms with Crippen molar-refractivity contribution in [2.24, 2.45) is 0 Å². The van der Waals surface area contributed by atoms with Gasteiger partial charge in [0.05, 0.1) is 0 Å². The normalized spacial score (nSPS) is 12.2. The van der Waals surface area contributed by atoms with E-state index in [1.807, 2.05) is 12.3 Å².